The van der Waals surface area contributed by atoms with E-state index in [1.165, 1.54) is 5.56 Å². The Balaban J connectivity index is 1.37. The largest absolute Gasteiger partial charge is 0.340 e. The first-order valence-electron chi connectivity index (χ1n) is 9.80. The molecule has 0 radical (unpaired) electrons. The van der Waals surface area contributed by atoms with Gasteiger partial charge in [-0.3, -0.25) is 14.5 Å². The van der Waals surface area contributed by atoms with Crippen molar-refractivity contribution in [1.29, 1.82) is 0 Å². The molecule has 6 nitrogen and oxygen atoms in total. The van der Waals surface area contributed by atoms with Gasteiger partial charge in [0.05, 0.1) is 0 Å². The van der Waals surface area contributed by atoms with Gasteiger partial charge in [0.15, 0.2) is 0 Å². The Morgan fingerprint density at radius 3 is 2.00 bits per heavy atom. The predicted octanol–water partition coefficient (Wildman–Crippen LogP) is 1.01. The van der Waals surface area contributed by atoms with Gasteiger partial charge < -0.3 is 14.7 Å². The topological polar surface area (TPSA) is 47.1 Å². The van der Waals surface area contributed by atoms with E-state index in [1.54, 1.807) is 0 Å². The van der Waals surface area contributed by atoms with Gasteiger partial charge in [-0.1, -0.05) is 42.5 Å². The van der Waals surface area contributed by atoms with Gasteiger partial charge in [0.25, 0.3) is 0 Å². The van der Waals surface area contributed by atoms with E-state index in [0.717, 1.165) is 45.8 Å². The first kappa shape index (κ1) is 19.6. The molecule has 2 heterocycles. The molecule has 0 unspecified atom stereocenters. The average Bonchev–Trinajstić information content (AvgIpc) is 2.70. The smallest absolute Gasteiger partial charge is 0.232 e. The average molecular weight is 370 g/mol. The first-order chi connectivity index (χ1) is 13.1. The van der Waals surface area contributed by atoms with Crippen LogP contribution in [0.2, 0.25) is 0 Å². The number of piperazine rings is 2. The van der Waals surface area contributed by atoms with Crippen molar-refractivity contribution in [2.75, 3.05) is 66.0 Å². The first-order valence-corrected chi connectivity index (χ1v) is 9.80. The van der Waals surface area contributed by atoms with Gasteiger partial charge in [-0.25, -0.2) is 0 Å². The summed E-state index contributed by atoms with van der Waals surface area (Å²) in [6, 6.07) is 10.3. The second-order valence-electron chi connectivity index (χ2n) is 7.36. The summed E-state index contributed by atoms with van der Waals surface area (Å²) in [6.07, 6.45) is 4.31. The Labute approximate surface area is 162 Å². The number of rotatable bonds is 5. The van der Waals surface area contributed by atoms with Crippen LogP contribution in [-0.2, 0) is 9.59 Å². The van der Waals surface area contributed by atoms with Crippen molar-refractivity contribution in [3.63, 3.8) is 0 Å². The number of amides is 2. The van der Waals surface area contributed by atoms with Gasteiger partial charge in [-0.05, 0) is 12.6 Å². The van der Waals surface area contributed by atoms with Crippen molar-refractivity contribution in [2.24, 2.45) is 0 Å². The number of nitrogens with zero attached hydrogens (tertiary/aromatic N) is 4. The van der Waals surface area contributed by atoms with Crippen molar-refractivity contribution >= 4 is 17.9 Å². The molecule has 2 aliphatic heterocycles. The van der Waals surface area contributed by atoms with Gasteiger partial charge in [0.1, 0.15) is 6.42 Å². The van der Waals surface area contributed by atoms with Gasteiger partial charge >= 0.3 is 0 Å². The van der Waals surface area contributed by atoms with Crippen molar-refractivity contribution in [2.45, 2.75) is 6.42 Å². The third kappa shape index (κ3) is 5.91. The maximum atomic E-state index is 12.5. The quantitative estimate of drug-likeness (QED) is 0.726. The zero-order valence-corrected chi connectivity index (χ0v) is 16.2. The molecular formula is C21H30N4O2. The minimum absolute atomic E-state index is 0.0115. The van der Waals surface area contributed by atoms with Crippen LogP contribution < -0.4 is 0 Å². The highest BCUT2D eigenvalue weighted by Crippen LogP contribution is 2.08. The van der Waals surface area contributed by atoms with Crippen molar-refractivity contribution in [3.8, 4) is 0 Å². The van der Waals surface area contributed by atoms with Crippen LogP contribution in [-0.4, -0.2) is 97.4 Å². The summed E-state index contributed by atoms with van der Waals surface area (Å²) in [6.45, 7) is 7.22. The third-order valence-electron chi connectivity index (χ3n) is 5.36. The van der Waals surface area contributed by atoms with E-state index in [0.29, 0.717) is 13.1 Å². The standard InChI is InChI=1S/C21H30N4O2/c1-22-10-14-24(15-11-22)20(26)18-21(27)25-16-12-23(13-17-25)9-5-8-19-6-3-2-4-7-19/h2-8H,9-18H2,1H3/b8-5+. The van der Waals surface area contributed by atoms with Crippen LogP contribution in [0, 0.1) is 0 Å². The molecule has 2 saturated heterocycles. The fourth-order valence-electron chi connectivity index (χ4n) is 3.49. The molecule has 1 aromatic carbocycles. The zero-order valence-electron chi connectivity index (χ0n) is 16.2. The number of hydrogen-bond acceptors (Lipinski definition) is 4. The molecule has 1 aromatic rings. The molecule has 6 heteroatoms. The molecule has 146 valence electrons. The molecule has 0 spiro atoms. The minimum Gasteiger partial charge on any atom is -0.340 e. The lowest BCUT2D eigenvalue weighted by molar-refractivity contribution is -0.142. The Morgan fingerprint density at radius 2 is 1.41 bits per heavy atom. The highest BCUT2D eigenvalue weighted by molar-refractivity contribution is 5.97. The second kappa shape index (κ2) is 9.67. The molecule has 0 bridgehead atoms. The van der Waals surface area contributed by atoms with E-state index < -0.39 is 0 Å². The lowest BCUT2D eigenvalue weighted by Crippen LogP contribution is -2.51. The highest BCUT2D eigenvalue weighted by Gasteiger charge is 2.25. The summed E-state index contributed by atoms with van der Waals surface area (Å²) >= 11 is 0. The normalized spacial score (nSPS) is 19.6. The molecular weight excluding hydrogens is 340 g/mol. The monoisotopic (exact) mass is 370 g/mol. The maximum absolute atomic E-state index is 12.5. The Bertz CT molecular complexity index is 645. The molecule has 0 N–H and O–H groups in total. The van der Waals surface area contributed by atoms with Crippen molar-refractivity contribution in [1.82, 2.24) is 19.6 Å². The number of carbonyl (C=O) groups is 2. The van der Waals surface area contributed by atoms with Crippen LogP contribution in [0.3, 0.4) is 0 Å². The zero-order chi connectivity index (χ0) is 19.1. The van der Waals surface area contributed by atoms with Crippen LogP contribution in [0.5, 0.6) is 0 Å². The SMILES string of the molecule is CN1CCN(C(=O)CC(=O)N2CCN(C/C=C/c3ccccc3)CC2)CC1. The summed E-state index contributed by atoms with van der Waals surface area (Å²) in [7, 11) is 2.06. The summed E-state index contributed by atoms with van der Waals surface area (Å²) in [5.41, 5.74) is 1.20. The van der Waals surface area contributed by atoms with Gasteiger partial charge in [0, 0.05) is 58.9 Å². The van der Waals surface area contributed by atoms with Crippen molar-refractivity contribution in [3.05, 3.63) is 42.0 Å². The number of likely N-dealkylation sites (N-methyl/N-ethyl adjacent to an activating group) is 1. The van der Waals surface area contributed by atoms with E-state index in [1.807, 2.05) is 28.0 Å². The van der Waals surface area contributed by atoms with Gasteiger partial charge in [-0.2, -0.15) is 0 Å². The molecule has 3 rings (SSSR count). The molecule has 0 atom stereocenters. The van der Waals surface area contributed by atoms with Crippen LogP contribution >= 0.6 is 0 Å². The number of benzene rings is 1. The van der Waals surface area contributed by atoms with E-state index in [2.05, 4.69) is 41.1 Å². The number of carbonyl (C=O) groups excluding carboxylic acids is 2. The van der Waals surface area contributed by atoms with E-state index in [-0.39, 0.29) is 18.2 Å². The highest BCUT2D eigenvalue weighted by atomic mass is 16.2. The fraction of sp³-hybridized carbons (Fsp3) is 0.524. The van der Waals surface area contributed by atoms with Crippen LogP contribution in [0.25, 0.3) is 6.08 Å². The van der Waals surface area contributed by atoms with Crippen molar-refractivity contribution < 1.29 is 9.59 Å². The van der Waals surface area contributed by atoms with E-state index >= 15 is 0 Å². The third-order valence-corrected chi connectivity index (χ3v) is 5.36. The van der Waals surface area contributed by atoms with E-state index in [4.69, 9.17) is 0 Å². The Morgan fingerprint density at radius 1 is 0.852 bits per heavy atom. The second-order valence-corrected chi connectivity index (χ2v) is 7.36. The molecule has 0 saturated carbocycles. The number of hydrogen-bond donors (Lipinski definition) is 0. The fourth-order valence-corrected chi connectivity index (χ4v) is 3.49. The minimum atomic E-state index is -0.0293. The van der Waals surface area contributed by atoms with Gasteiger partial charge in [0.2, 0.25) is 11.8 Å². The summed E-state index contributed by atoms with van der Waals surface area (Å²) in [5.74, 6) is -0.0558. The lowest BCUT2D eigenvalue weighted by atomic mass is 10.2. The Kier molecular flexibility index (Phi) is 7.01. The van der Waals surface area contributed by atoms with Crippen LogP contribution in [0.15, 0.2) is 36.4 Å². The van der Waals surface area contributed by atoms with Crippen LogP contribution in [0.4, 0.5) is 0 Å². The molecule has 2 aliphatic rings. The lowest BCUT2D eigenvalue weighted by Gasteiger charge is -2.35. The summed E-state index contributed by atoms with van der Waals surface area (Å²) < 4.78 is 0. The molecule has 2 amide bonds. The van der Waals surface area contributed by atoms with Gasteiger partial charge in [-0.15, -0.1) is 0 Å². The maximum Gasteiger partial charge on any atom is 0.232 e. The molecule has 2 fully saturated rings. The summed E-state index contributed by atoms with van der Waals surface area (Å²) in [4.78, 5) is 33.0. The van der Waals surface area contributed by atoms with E-state index in [9.17, 15) is 9.59 Å². The molecule has 0 aromatic heterocycles. The Hall–Kier alpha value is -2.18. The molecule has 27 heavy (non-hydrogen) atoms. The predicted molar refractivity (Wildman–Crippen MR) is 107 cm³/mol. The molecule has 0 aliphatic carbocycles. The summed E-state index contributed by atoms with van der Waals surface area (Å²) in [5, 5.41) is 0. The van der Waals surface area contributed by atoms with Crippen LogP contribution in [0.1, 0.15) is 12.0 Å².